The Morgan fingerprint density at radius 1 is 1.32 bits per heavy atom. The van der Waals surface area contributed by atoms with Gasteiger partial charge in [-0.3, -0.25) is 10.00 Å². The molecule has 2 aromatic rings. The molecule has 0 aliphatic carbocycles. The van der Waals surface area contributed by atoms with Crippen LogP contribution >= 0.6 is 0 Å². The van der Waals surface area contributed by atoms with Crippen LogP contribution in [-0.2, 0) is 12.5 Å². The summed E-state index contributed by atoms with van der Waals surface area (Å²) in [5.74, 6) is 1.53. The predicted molar refractivity (Wildman–Crippen MR) is 98.0 cm³/mol. The van der Waals surface area contributed by atoms with E-state index in [9.17, 15) is 4.79 Å². The number of methoxy groups -OCH3 is 1. The molecule has 0 spiro atoms. The van der Waals surface area contributed by atoms with Crippen LogP contribution < -0.4 is 10.1 Å². The average Bonchev–Trinajstić information content (AvgIpc) is 2.87. The van der Waals surface area contributed by atoms with E-state index in [0.717, 1.165) is 30.0 Å². The number of nitrogens with one attached hydrogen (secondary N) is 1. The van der Waals surface area contributed by atoms with Crippen LogP contribution in [0.25, 0.3) is 0 Å². The molecular weight excluding hydrogens is 316 g/mol. The molecule has 0 unspecified atom stereocenters. The van der Waals surface area contributed by atoms with E-state index >= 15 is 0 Å². The van der Waals surface area contributed by atoms with E-state index < -0.39 is 0 Å². The summed E-state index contributed by atoms with van der Waals surface area (Å²) < 4.78 is 7.01. The zero-order valence-electron chi connectivity index (χ0n) is 15.5. The molecule has 0 bridgehead atoms. The summed E-state index contributed by atoms with van der Waals surface area (Å²) in [6.07, 6.45) is 0.958. The highest BCUT2D eigenvalue weighted by Crippen LogP contribution is 2.35. The fraction of sp³-hybridized carbons (Fsp3) is 0.474. The van der Waals surface area contributed by atoms with Crippen LogP contribution in [0, 0.1) is 0 Å². The van der Waals surface area contributed by atoms with Crippen LogP contribution in [0.3, 0.4) is 0 Å². The lowest BCUT2D eigenvalue weighted by molar-refractivity contribution is 0.126. The summed E-state index contributed by atoms with van der Waals surface area (Å²) in [5.41, 5.74) is 2.00. The van der Waals surface area contributed by atoms with Crippen molar-refractivity contribution < 1.29 is 9.53 Å². The molecule has 1 aliphatic heterocycles. The van der Waals surface area contributed by atoms with Gasteiger partial charge in [0.25, 0.3) is 0 Å². The Morgan fingerprint density at radius 2 is 2.08 bits per heavy atom. The van der Waals surface area contributed by atoms with E-state index in [4.69, 9.17) is 4.74 Å². The maximum Gasteiger partial charge on any atom is 0.323 e. The molecule has 0 saturated carbocycles. The van der Waals surface area contributed by atoms with Gasteiger partial charge in [0.05, 0.1) is 18.8 Å². The third-order valence-corrected chi connectivity index (χ3v) is 4.64. The highest BCUT2D eigenvalue weighted by molar-refractivity contribution is 5.89. The van der Waals surface area contributed by atoms with Gasteiger partial charge >= 0.3 is 6.03 Å². The Balaban J connectivity index is 1.72. The molecule has 2 heterocycles. The Hall–Kier alpha value is -2.50. The smallest absolute Gasteiger partial charge is 0.323 e. The van der Waals surface area contributed by atoms with Crippen molar-refractivity contribution in [3.8, 4) is 5.75 Å². The zero-order chi connectivity index (χ0) is 18.2. The zero-order valence-corrected chi connectivity index (χ0v) is 15.5. The Bertz CT molecular complexity index is 776. The van der Waals surface area contributed by atoms with Crippen molar-refractivity contribution in [2.45, 2.75) is 38.6 Å². The summed E-state index contributed by atoms with van der Waals surface area (Å²) in [4.78, 5) is 14.5. The van der Waals surface area contributed by atoms with E-state index in [0.29, 0.717) is 5.82 Å². The first kappa shape index (κ1) is 17.3. The number of rotatable bonds is 3. The number of nitrogens with zero attached hydrogens (tertiary/aromatic N) is 3. The summed E-state index contributed by atoms with van der Waals surface area (Å²) >= 11 is 0. The van der Waals surface area contributed by atoms with Gasteiger partial charge in [0.2, 0.25) is 0 Å². The number of likely N-dealkylation sites (tertiary alicyclic amines) is 1. The third kappa shape index (κ3) is 3.48. The monoisotopic (exact) mass is 342 g/mol. The topological polar surface area (TPSA) is 59.4 Å². The molecule has 6 nitrogen and oxygen atoms in total. The van der Waals surface area contributed by atoms with Crippen LogP contribution in [0.1, 0.15) is 44.5 Å². The minimum atomic E-state index is -0.0949. The summed E-state index contributed by atoms with van der Waals surface area (Å²) in [5, 5.41) is 7.49. The number of benzene rings is 1. The van der Waals surface area contributed by atoms with Crippen molar-refractivity contribution in [2.75, 3.05) is 19.0 Å². The fourth-order valence-electron chi connectivity index (χ4n) is 2.96. The Labute approximate surface area is 148 Å². The first-order valence-corrected chi connectivity index (χ1v) is 8.55. The van der Waals surface area contributed by atoms with Crippen LogP contribution in [0.5, 0.6) is 5.75 Å². The van der Waals surface area contributed by atoms with Crippen LogP contribution in [0.15, 0.2) is 30.3 Å². The number of amides is 2. The molecular formula is C19H26N4O2. The minimum Gasteiger partial charge on any atom is -0.497 e. The molecule has 1 fully saturated rings. The number of aryl methyl sites for hydroxylation is 1. The van der Waals surface area contributed by atoms with Crippen molar-refractivity contribution in [3.63, 3.8) is 0 Å². The number of hydrogen-bond acceptors (Lipinski definition) is 3. The first-order chi connectivity index (χ1) is 11.8. The van der Waals surface area contributed by atoms with Crippen molar-refractivity contribution in [1.82, 2.24) is 14.7 Å². The molecule has 1 aromatic carbocycles. The standard InChI is InChI=1S/C19H26N4O2/c1-19(2,3)16-12-17(22(4)21-16)20-18(24)23-10-9-15(23)13-7-6-8-14(11-13)25-5/h6-8,11-12,15H,9-10H2,1-5H3,(H,20,24)/t15-/m0/s1. The molecule has 0 radical (unpaired) electrons. The SMILES string of the molecule is COc1cccc([C@@H]2CCN2C(=O)Nc2cc(C(C)(C)C)nn2C)c1. The second kappa shape index (κ2) is 6.43. The van der Waals surface area contributed by atoms with Gasteiger partial charge in [-0.25, -0.2) is 4.79 Å². The quantitative estimate of drug-likeness (QED) is 0.925. The van der Waals surface area contributed by atoms with Crippen molar-refractivity contribution in [2.24, 2.45) is 7.05 Å². The number of ether oxygens (including phenoxy) is 1. The van der Waals surface area contributed by atoms with Crippen LogP contribution in [0.2, 0.25) is 0 Å². The van der Waals surface area contributed by atoms with E-state index in [1.807, 2.05) is 42.3 Å². The lowest BCUT2D eigenvalue weighted by Crippen LogP contribution is -2.47. The molecule has 6 heteroatoms. The largest absolute Gasteiger partial charge is 0.497 e. The normalized spacial score (nSPS) is 17.2. The fourth-order valence-corrected chi connectivity index (χ4v) is 2.96. The maximum absolute atomic E-state index is 12.7. The van der Waals surface area contributed by atoms with Gasteiger partial charge in [-0.05, 0) is 24.1 Å². The Kier molecular flexibility index (Phi) is 4.45. The lowest BCUT2D eigenvalue weighted by atomic mass is 9.92. The van der Waals surface area contributed by atoms with E-state index in [1.54, 1.807) is 11.8 Å². The molecule has 3 rings (SSSR count). The number of urea groups is 1. The van der Waals surface area contributed by atoms with E-state index in [-0.39, 0.29) is 17.5 Å². The highest BCUT2D eigenvalue weighted by atomic mass is 16.5. The molecule has 1 atom stereocenters. The van der Waals surface area contributed by atoms with Crippen molar-refractivity contribution in [3.05, 3.63) is 41.6 Å². The average molecular weight is 342 g/mol. The number of carbonyl (C=O) groups is 1. The van der Waals surface area contributed by atoms with Crippen molar-refractivity contribution in [1.29, 1.82) is 0 Å². The highest BCUT2D eigenvalue weighted by Gasteiger charge is 2.34. The maximum atomic E-state index is 12.7. The van der Waals surface area contributed by atoms with Crippen molar-refractivity contribution >= 4 is 11.8 Å². The molecule has 25 heavy (non-hydrogen) atoms. The number of anilines is 1. The molecule has 1 aromatic heterocycles. The van der Waals surface area contributed by atoms with Gasteiger partial charge in [0.1, 0.15) is 11.6 Å². The van der Waals surface area contributed by atoms with Gasteiger partial charge in [0.15, 0.2) is 0 Å². The number of carbonyl (C=O) groups excluding carboxylic acids is 1. The Morgan fingerprint density at radius 3 is 2.64 bits per heavy atom. The predicted octanol–water partition coefficient (Wildman–Crippen LogP) is 3.71. The summed E-state index contributed by atoms with van der Waals surface area (Å²) in [6.45, 7) is 7.07. The van der Waals surface area contributed by atoms with Gasteiger partial charge in [0, 0.05) is 25.1 Å². The third-order valence-electron chi connectivity index (χ3n) is 4.64. The van der Waals surface area contributed by atoms with Gasteiger partial charge in [-0.2, -0.15) is 5.10 Å². The molecule has 2 amide bonds. The van der Waals surface area contributed by atoms with Crippen LogP contribution in [-0.4, -0.2) is 34.4 Å². The second-order valence-corrected chi connectivity index (χ2v) is 7.49. The lowest BCUT2D eigenvalue weighted by Gasteiger charge is -2.41. The molecule has 134 valence electrons. The summed E-state index contributed by atoms with van der Waals surface area (Å²) in [7, 11) is 3.50. The summed E-state index contributed by atoms with van der Waals surface area (Å²) in [6, 6.07) is 9.83. The molecule has 1 N–H and O–H groups in total. The van der Waals surface area contributed by atoms with Crippen LogP contribution in [0.4, 0.5) is 10.6 Å². The number of aromatic nitrogens is 2. The molecule has 1 aliphatic rings. The molecule has 1 saturated heterocycles. The van der Waals surface area contributed by atoms with Gasteiger partial charge in [-0.15, -0.1) is 0 Å². The van der Waals surface area contributed by atoms with Gasteiger partial charge < -0.3 is 9.64 Å². The van der Waals surface area contributed by atoms with Gasteiger partial charge in [-0.1, -0.05) is 32.9 Å². The number of hydrogen-bond donors (Lipinski definition) is 1. The van der Waals surface area contributed by atoms with E-state index in [1.165, 1.54) is 0 Å². The minimum absolute atomic E-state index is 0.0549. The second-order valence-electron chi connectivity index (χ2n) is 7.49. The van der Waals surface area contributed by atoms with E-state index in [2.05, 4.69) is 31.2 Å². The first-order valence-electron chi connectivity index (χ1n) is 8.55.